The molecule has 2 aromatic heterocycles. The first-order valence-electron chi connectivity index (χ1n) is 6.30. The average molecular weight is 274 g/mol. The summed E-state index contributed by atoms with van der Waals surface area (Å²) >= 11 is 0. The van der Waals surface area contributed by atoms with Gasteiger partial charge in [0.1, 0.15) is 5.82 Å². The molecule has 0 aromatic carbocycles. The second-order valence-electron chi connectivity index (χ2n) is 4.48. The monoisotopic (exact) mass is 274 g/mol. The lowest BCUT2D eigenvalue weighted by atomic mass is 10.2. The molecule has 0 saturated carbocycles. The van der Waals surface area contributed by atoms with Crippen LogP contribution in [0.2, 0.25) is 0 Å². The normalized spacial score (nSPS) is 10.3. The Hall–Kier alpha value is -2.41. The Bertz CT molecular complexity index is 607. The van der Waals surface area contributed by atoms with E-state index in [0.29, 0.717) is 17.9 Å². The number of nitrogens with one attached hydrogen (secondary N) is 2. The maximum Gasteiger partial charge on any atom is 0.251 e. The van der Waals surface area contributed by atoms with E-state index in [1.165, 1.54) is 0 Å². The topological polar surface area (TPSA) is 97.9 Å². The summed E-state index contributed by atoms with van der Waals surface area (Å²) in [5, 5.41) is 6.95. The van der Waals surface area contributed by atoms with Crippen LogP contribution in [0.15, 0.2) is 24.4 Å². The van der Waals surface area contributed by atoms with Gasteiger partial charge in [-0.15, -0.1) is 0 Å². The van der Waals surface area contributed by atoms with Gasteiger partial charge in [0.05, 0.1) is 0 Å². The number of carbonyl (C=O) groups excluding carboxylic acids is 1. The summed E-state index contributed by atoms with van der Waals surface area (Å²) in [6.07, 6.45) is 2.47. The minimum Gasteiger partial charge on any atom is -0.352 e. The predicted octanol–water partition coefficient (Wildman–Crippen LogP) is 0.382. The van der Waals surface area contributed by atoms with E-state index in [1.54, 1.807) is 23.0 Å². The van der Waals surface area contributed by atoms with Gasteiger partial charge in [-0.3, -0.25) is 9.48 Å². The number of pyridine rings is 1. The molecule has 0 saturated heterocycles. The van der Waals surface area contributed by atoms with Crippen molar-refractivity contribution < 1.29 is 4.79 Å². The van der Waals surface area contributed by atoms with Crippen molar-refractivity contribution in [3.63, 3.8) is 0 Å². The maximum atomic E-state index is 12.0. The SMILES string of the molecule is Cc1cc(C(=O)NCCc2ccnn2C)cc(NN)n1. The van der Waals surface area contributed by atoms with Gasteiger partial charge in [-0.25, -0.2) is 10.8 Å². The number of nitrogen functional groups attached to an aromatic ring is 1. The molecule has 1 amide bonds. The Morgan fingerprint density at radius 3 is 2.90 bits per heavy atom. The van der Waals surface area contributed by atoms with Crippen molar-refractivity contribution in [2.75, 3.05) is 12.0 Å². The molecule has 0 fully saturated rings. The van der Waals surface area contributed by atoms with Crippen molar-refractivity contribution in [3.8, 4) is 0 Å². The largest absolute Gasteiger partial charge is 0.352 e. The second kappa shape index (κ2) is 6.16. The summed E-state index contributed by atoms with van der Waals surface area (Å²) in [4.78, 5) is 16.2. The molecule has 106 valence electrons. The number of hydrazine groups is 1. The van der Waals surface area contributed by atoms with Crippen LogP contribution in [-0.4, -0.2) is 27.2 Å². The highest BCUT2D eigenvalue weighted by molar-refractivity contribution is 5.94. The molecular weight excluding hydrogens is 256 g/mol. The molecule has 0 aliphatic rings. The molecule has 4 N–H and O–H groups in total. The standard InChI is InChI=1S/C13H18N6O/c1-9-7-10(8-12(17-9)18-14)13(20)15-5-3-11-4-6-16-19(11)2/h4,6-8H,3,5,14H2,1-2H3,(H,15,20)(H,17,18). The molecule has 0 spiro atoms. The summed E-state index contributed by atoms with van der Waals surface area (Å²) in [5.41, 5.74) is 4.79. The highest BCUT2D eigenvalue weighted by atomic mass is 16.1. The Morgan fingerprint density at radius 2 is 2.25 bits per heavy atom. The van der Waals surface area contributed by atoms with E-state index in [9.17, 15) is 4.79 Å². The highest BCUT2D eigenvalue weighted by Gasteiger charge is 2.08. The van der Waals surface area contributed by atoms with E-state index in [1.807, 2.05) is 20.0 Å². The number of hydrogen-bond acceptors (Lipinski definition) is 5. The van der Waals surface area contributed by atoms with Crippen molar-refractivity contribution >= 4 is 11.7 Å². The number of aryl methyl sites for hydroxylation is 2. The number of amides is 1. The van der Waals surface area contributed by atoms with Gasteiger partial charge in [0, 0.05) is 43.2 Å². The van der Waals surface area contributed by atoms with Crippen LogP contribution in [0.25, 0.3) is 0 Å². The zero-order chi connectivity index (χ0) is 14.5. The number of nitrogens with two attached hydrogens (primary N) is 1. The molecule has 0 radical (unpaired) electrons. The first kappa shape index (κ1) is 14.0. The van der Waals surface area contributed by atoms with E-state index < -0.39 is 0 Å². The third-order valence-electron chi connectivity index (χ3n) is 2.95. The Kier molecular flexibility index (Phi) is 4.31. The molecule has 0 unspecified atom stereocenters. The van der Waals surface area contributed by atoms with Crippen LogP contribution in [0, 0.1) is 6.92 Å². The molecule has 2 heterocycles. The van der Waals surface area contributed by atoms with Gasteiger partial charge < -0.3 is 10.7 Å². The Morgan fingerprint density at radius 1 is 1.45 bits per heavy atom. The first-order valence-corrected chi connectivity index (χ1v) is 6.30. The average Bonchev–Trinajstić information content (AvgIpc) is 2.83. The smallest absolute Gasteiger partial charge is 0.251 e. The van der Waals surface area contributed by atoms with Gasteiger partial charge in [-0.05, 0) is 25.1 Å². The van der Waals surface area contributed by atoms with Crippen LogP contribution >= 0.6 is 0 Å². The first-order chi connectivity index (χ1) is 9.60. The van der Waals surface area contributed by atoms with Gasteiger partial charge >= 0.3 is 0 Å². The van der Waals surface area contributed by atoms with Crippen LogP contribution in [0.3, 0.4) is 0 Å². The van der Waals surface area contributed by atoms with E-state index in [4.69, 9.17) is 5.84 Å². The molecule has 0 aliphatic carbocycles. The summed E-state index contributed by atoms with van der Waals surface area (Å²) in [6.45, 7) is 2.36. The van der Waals surface area contributed by atoms with Crippen molar-refractivity contribution in [2.45, 2.75) is 13.3 Å². The number of nitrogens with zero attached hydrogens (tertiary/aromatic N) is 3. The van der Waals surface area contributed by atoms with Gasteiger partial charge in [0.2, 0.25) is 0 Å². The molecule has 7 nitrogen and oxygen atoms in total. The van der Waals surface area contributed by atoms with Gasteiger partial charge in [-0.2, -0.15) is 5.10 Å². The number of carbonyl (C=O) groups is 1. The molecule has 7 heteroatoms. The van der Waals surface area contributed by atoms with E-state index in [-0.39, 0.29) is 5.91 Å². The van der Waals surface area contributed by atoms with Crippen molar-refractivity contribution in [1.82, 2.24) is 20.1 Å². The van der Waals surface area contributed by atoms with Crippen LogP contribution < -0.4 is 16.6 Å². The Labute approximate surface area is 117 Å². The lowest BCUT2D eigenvalue weighted by molar-refractivity contribution is 0.0954. The molecule has 2 aromatic rings. The highest BCUT2D eigenvalue weighted by Crippen LogP contribution is 2.09. The fourth-order valence-corrected chi connectivity index (χ4v) is 1.93. The number of aromatic nitrogens is 3. The second-order valence-corrected chi connectivity index (χ2v) is 4.48. The van der Waals surface area contributed by atoms with Crippen molar-refractivity contribution in [1.29, 1.82) is 0 Å². The number of anilines is 1. The predicted molar refractivity (Wildman–Crippen MR) is 76.0 cm³/mol. The fraction of sp³-hybridized carbons (Fsp3) is 0.308. The summed E-state index contributed by atoms with van der Waals surface area (Å²) in [7, 11) is 1.88. The van der Waals surface area contributed by atoms with Gasteiger partial charge in [0.15, 0.2) is 0 Å². The van der Waals surface area contributed by atoms with E-state index >= 15 is 0 Å². The summed E-state index contributed by atoms with van der Waals surface area (Å²) in [6, 6.07) is 5.27. The van der Waals surface area contributed by atoms with Crippen molar-refractivity contribution in [2.24, 2.45) is 12.9 Å². The quantitative estimate of drug-likeness (QED) is 0.541. The molecule has 0 atom stereocenters. The lowest BCUT2D eigenvalue weighted by Crippen LogP contribution is -2.26. The lowest BCUT2D eigenvalue weighted by Gasteiger charge is -2.08. The number of rotatable bonds is 5. The Balaban J connectivity index is 1.95. The van der Waals surface area contributed by atoms with E-state index in [2.05, 4.69) is 20.8 Å². The summed E-state index contributed by atoms with van der Waals surface area (Å²) in [5.74, 6) is 5.64. The van der Waals surface area contributed by atoms with Crippen LogP contribution in [0.4, 0.5) is 5.82 Å². The third kappa shape index (κ3) is 3.33. The number of hydrogen-bond donors (Lipinski definition) is 3. The molecule has 0 aliphatic heterocycles. The zero-order valence-corrected chi connectivity index (χ0v) is 11.6. The molecular formula is C13H18N6O. The van der Waals surface area contributed by atoms with Crippen LogP contribution in [0.5, 0.6) is 0 Å². The molecule has 20 heavy (non-hydrogen) atoms. The van der Waals surface area contributed by atoms with E-state index in [0.717, 1.165) is 17.8 Å². The maximum absolute atomic E-state index is 12.0. The zero-order valence-electron chi connectivity index (χ0n) is 11.6. The van der Waals surface area contributed by atoms with Crippen LogP contribution in [0.1, 0.15) is 21.7 Å². The molecule has 2 rings (SSSR count). The fourth-order valence-electron chi connectivity index (χ4n) is 1.93. The van der Waals surface area contributed by atoms with Crippen LogP contribution in [-0.2, 0) is 13.5 Å². The van der Waals surface area contributed by atoms with Gasteiger partial charge in [0.25, 0.3) is 5.91 Å². The molecule has 0 bridgehead atoms. The minimum absolute atomic E-state index is 0.144. The van der Waals surface area contributed by atoms with Gasteiger partial charge in [-0.1, -0.05) is 0 Å². The third-order valence-corrected chi connectivity index (χ3v) is 2.95. The van der Waals surface area contributed by atoms with Crippen molar-refractivity contribution in [3.05, 3.63) is 41.3 Å². The summed E-state index contributed by atoms with van der Waals surface area (Å²) < 4.78 is 1.79. The minimum atomic E-state index is -0.144.